The molecule has 0 spiro atoms. The van der Waals surface area contributed by atoms with Gasteiger partial charge >= 0.3 is 5.76 Å². The molecule has 1 aromatic heterocycles. The quantitative estimate of drug-likeness (QED) is 0.520. The highest BCUT2D eigenvalue weighted by molar-refractivity contribution is 6.02. The number of amides is 2. The third kappa shape index (κ3) is 3.47. The number of para-hydroxylation sites is 2. The zero-order valence-electron chi connectivity index (χ0n) is 15.2. The zero-order valence-corrected chi connectivity index (χ0v) is 15.2. The first kappa shape index (κ1) is 18.4. The van der Waals surface area contributed by atoms with E-state index in [4.69, 9.17) is 4.42 Å². The molecule has 1 aliphatic rings. The van der Waals surface area contributed by atoms with Crippen LogP contribution in [0.1, 0.15) is 12.8 Å². The fourth-order valence-electron chi connectivity index (χ4n) is 3.36. The minimum Gasteiger partial charge on any atom is -0.408 e. The van der Waals surface area contributed by atoms with Gasteiger partial charge in [0.05, 0.1) is 21.8 Å². The number of oxazole rings is 1. The van der Waals surface area contributed by atoms with Crippen molar-refractivity contribution in [1.82, 2.24) is 4.57 Å². The third-order valence-corrected chi connectivity index (χ3v) is 4.71. The molecule has 10 nitrogen and oxygen atoms in total. The number of rotatable bonds is 5. The van der Waals surface area contributed by atoms with Gasteiger partial charge in [0.15, 0.2) is 5.58 Å². The van der Waals surface area contributed by atoms with Crippen LogP contribution >= 0.6 is 0 Å². The Balaban J connectivity index is 1.61. The van der Waals surface area contributed by atoms with E-state index in [9.17, 15) is 24.5 Å². The van der Waals surface area contributed by atoms with E-state index >= 15 is 0 Å². The number of benzene rings is 2. The molecular weight excluding hydrogens is 380 g/mol. The second-order valence-electron chi connectivity index (χ2n) is 6.58. The Labute approximate surface area is 163 Å². The summed E-state index contributed by atoms with van der Waals surface area (Å²) in [5.74, 6) is -1.34. The van der Waals surface area contributed by atoms with Gasteiger partial charge in [-0.2, -0.15) is 0 Å². The zero-order chi connectivity index (χ0) is 20.5. The molecule has 1 N–H and O–H groups in total. The summed E-state index contributed by atoms with van der Waals surface area (Å²) < 4.78 is 6.08. The maximum absolute atomic E-state index is 12.6. The number of hydrogen-bond acceptors (Lipinski definition) is 6. The molecule has 0 aliphatic carbocycles. The Bertz CT molecular complexity index is 1190. The number of anilines is 2. The highest BCUT2D eigenvalue weighted by atomic mass is 16.6. The molecule has 10 heteroatoms. The highest BCUT2D eigenvalue weighted by Gasteiger charge is 2.24. The van der Waals surface area contributed by atoms with Crippen molar-refractivity contribution in [2.45, 2.75) is 19.4 Å². The smallest absolute Gasteiger partial charge is 0.408 e. The lowest BCUT2D eigenvalue weighted by molar-refractivity contribution is -0.384. The van der Waals surface area contributed by atoms with Gasteiger partial charge < -0.3 is 14.6 Å². The maximum Gasteiger partial charge on any atom is 0.420 e. The van der Waals surface area contributed by atoms with E-state index < -0.39 is 23.1 Å². The second-order valence-corrected chi connectivity index (χ2v) is 6.58. The minimum atomic E-state index is -0.793. The van der Waals surface area contributed by atoms with Crippen molar-refractivity contribution < 1.29 is 18.9 Å². The molecule has 0 radical (unpaired) electrons. The molecule has 1 aliphatic heterocycles. The van der Waals surface area contributed by atoms with E-state index in [0.29, 0.717) is 24.3 Å². The van der Waals surface area contributed by atoms with Gasteiger partial charge in [0.25, 0.3) is 5.69 Å². The van der Waals surface area contributed by atoms with Gasteiger partial charge in [0, 0.05) is 25.1 Å². The minimum absolute atomic E-state index is 0.0175. The van der Waals surface area contributed by atoms with E-state index in [1.54, 1.807) is 29.2 Å². The van der Waals surface area contributed by atoms with Crippen LogP contribution < -0.4 is 16.0 Å². The van der Waals surface area contributed by atoms with Gasteiger partial charge in [-0.15, -0.1) is 0 Å². The summed E-state index contributed by atoms with van der Waals surface area (Å²) in [6.45, 7) is 0.177. The lowest BCUT2D eigenvalue weighted by Gasteiger charge is -2.20. The lowest BCUT2D eigenvalue weighted by atomic mass is 10.2. The molecular formula is C19H16N4O6. The van der Waals surface area contributed by atoms with Gasteiger partial charge in [-0.25, -0.2) is 4.79 Å². The van der Waals surface area contributed by atoms with E-state index in [0.717, 1.165) is 11.0 Å². The topological polar surface area (TPSA) is 128 Å². The van der Waals surface area contributed by atoms with Crippen LogP contribution in [0.3, 0.4) is 0 Å². The predicted octanol–water partition coefficient (Wildman–Crippen LogP) is 2.27. The van der Waals surface area contributed by atoms with E-state index in [2.05, 4.69) is 5.32 Å². The Morgan fingerprint density at radius 1 is 1.21 bits per heavy atom. The van der Waals surface area contributed by atoms with Crippen molar-refractivity contribution in [2.75, 3.05) is 16.8 Å². The summed E-state index contributed by atoms with van der Waals surface area (Å²) in [6.07, 6.45) is 1.20. The Kier molecular flexibility index (Phi) is 4.59. The molecule has 3 aromatic rings. The molecule has 1 fully saturated rings. The molecule has 148 valence electrons. The fourth-order valence-corrected chi connectivity index (χ4v) is 3.36. The second kappa shape index (κ2) is 7.23. The van der Waals surface area contributed by atoms with Crippen LogP contribution in [0.2, 0.25) is 0 Å². The first-order valence-corrected chi connectivity index (χ1v) is 8.91. The number of nitrogens with one attached hydrogen (secondary N) is 1. The first-order valence-electron chi connectivity index (χ1n) is 8.91. The number of fused-ring (bicyclic) bond motifs is 1. The van der Waals surface area contributed by atoms with Crippen molar-refractivity contribution in [3.8, 4) is 0 Å². The lowest BCUT2D eigenvalue weighted by Crippen LogP contribution is -2.28. The molecule has 2 amide bonds. The molecule has 1 saturated heterocycles. The number of carbonyl (C=O) groups is 2. The van der Waals surface area contributed by atoms with Crippen molar-refractivity contribution in [2.24, 2.45) is 0 Å². The number of non-ortho nitro benzene ring substituents is 1. The molecule has 2 heterocycles. The summed E-state index contributed by atoms with van der Waals surface area (Å²) >= 11 is 0. The number of nitrogens with zero attached hydrogens (tertiary/aromatic N) is 3. The molecule has 2 aromatic carbocycles. The molecule has 0 atom stereocenters. The van der Waals surface area contributed by atoms with Gasteiger partial charge in [-0.3, -0.25) is 24.3 Å². The predicted molar refractivity (Wildman–Crippen MR) is 104 cm³/mol. The summed E-state index contributed by atoms with van der Waals surface area (Å²) in [5.41, 5.74) is 1.12. The molecule has 0 bridgehead atoms. The number of nitro groups is 1. The number of nitro benzene ring substituents is 1. The SMILES string of the molecule is O=C(Cn1c(=O)oc2ccc([N+](=O)[O-])cc21)Nc1ccccc1N1CCCC1=O. The summed E-state index contributed by atoms with van der Waals surface area (Å²) in [4.78, 5) is 48.8. The van der Waals surface area contributed by atoms with Gasteiger partial charge in [0.1, 0.15) is 6.54 Å². The monoisotopic (exact) mass is 396 g/mol. The average Bonchev–Trinajstić information content (AvgIpc) is 3.25. The fraction of sp³-hybridized carbons (Fsp3) is 0.211. The van der Waals surface area contributed by atoms with Gasteiger partial charge in [-0.1, -0.05) is 12.1 Å². The normalized spacial score (nSPS) is 13.8. The summed E-state index contributed by atoms with van der Waals surface area (Å²) in [5, 5.41) is 13.7. The van der Waals surface area contributed by atoms with Crippen LogP contribution in [0.15, 0.2) is 51.7 Å². The average molecular weight is 396 g/mol. The van der Waals surface area contributed by atoms with Crippen LogP contribution in [0.4, 0.5) is 17.1 Å². The molecule has 0 unspecified atom stereocenters. The maximum atomic E-state index is 12.6. The van der Waals surface area contributed by atoms with Gasteiger partial charge in [-0.05, 0) is 24.6 Å². The highest BCUT2D eigenvalue weighted by Crippen LogP contribution is 2.29. The number of aromatic nitrogens is 1. The first-order chi connectivity index (χ1) is 13.9. The van der Waals surface area contributed by atoms with Crippen molar-refractivity contribution in [1.29, 1.82) is 0 Å². The molecule has 4 rings (SSSR count). The van der Waals surface area contributed by atoms with Crippen molar-refractivity contribution >= 4 is 40.0 Å². The molecule has 0 saturated carbocycles. The number of carbonyl (C=O) groups excluding carboxylic acids is 2. The molecule has 29 heavy (non-hydrogen) atoms. The Morgan fingerprint density at radius 2 is 2.00 bits per heavy atom. The van der Waals surface area contributed by atoms with Gasteiger partial charge in [0.2, 0.25) is 11.8 Å². The van der Waals surface area contributed by atoms with E-state index in [1.165, 1.54) is 18.2 Å². The largest absolute Gasteiger partial charge is 0.420 e. The Morgan fingerprint density at radius 3 is 2.72 bits per heavy atom. The Hall–Kier alpha value is -3.95. The standard InChI is InChI=1S/C19H16N4O6/c24-17(20-13-4-1-2-5-14(13)21-9-3-6-18(21)25)11-22-15-10-12(23(27)28)7-8-16(15)29-19(22)26/h1-2,4-5,7-8,10H,3,6,9,11H2,(H,20,24). The van der Waals surface area contributed by atoms with Crippen LogP contribution in [-0.2, 0) is 16.1 Å². The van der Waals surface area contributed by atoms with Crippen LogP contribution in [-0.4, -0.2) is 27.8 Å². The van der Waals surface area contributed by atoms with Crippen LogP contribution in [0.5, 0.6) is 0 Å². The third-order valence-electron chi connectivity index (χ3n) is 4.71. The summed E-state index contributed by atoms with van der Waals surface area (Å²) in [7, 11) is 0. The van der Waals surface area contributed by atoms with E-state index in [1.807, 2.05) is 0 Å². The summed E-state index contributed by atoms with van der Waals surface area (Å²) in [6, 6.07) is 10.6. The van der Waals surface area contributed by atoms with Crippen LogP contribution in [0, 0.1) is 10.1 Å². The van der Waals surface area contributed by atoms with Crippen molar-refractivity contribution in [3.63, 3.8) is 0 Å². The van der Waals surface area contributed by atoms with Crippen molar-refractivity contribution in [3.05, 3.63) is 63.1 Å². The number of hydrogen-bond donors (Lipinski definition) is 1. The van der Waals surface area contributed by atoms with E-state index in [-0.39, 0.29) is 22.7 Å². The van der Waals surface area contributed by atoms with Crippen LogP contribution in [0.25, 0.3) is 11.1 Å².